The SMILES string of the molecule is NC(=O)c1c(N)sc2c1CCN(Cc1ccc(F)cc1)C2. The van der Waals surface area contributed by atoms with Crippen LogP contribution in [0.3, 0.4) is 0 Å². The molecule has 0 radical (unpaired) electrons. The molecule has 1 amide bonds. The molecule has 1 aromatic heterocycles. The van der Waals surface area contributed by atoms with E-state index >= 15 is 0 Å². The molecule has 2 aromatic rings. The zero-order chi connectivity index (χ0) is 15.0. The summed E-state index contributed by atoms with van der Waals surface area (Å²) in [4.78, 5) is 14.8. The number of benzene rings is 1. The van der Waals surface area contributed by atoms with Gasteiger partial charge in [0, 0.05) is 24.5 Å². The average molecular weight is 305 g/mol. The smallest absolute Gasteiger partial charge is 0.251 e. The van der Waals surface area contributed by atoms with Gasteiger partial charge in [0.15, 0.2) is 0 Å². The van der Waals surface area contributed by atoms with E-state index < -0.39 is 5.91 Å². The van der Waals surface area contributed by atoms with Gasteiger partial charge in [-0.1, -0.05) is 12.1 Å². The highest BCUT2D eigenvalue weighted by Gasteiger charge is 2.25. The van der Waals surface area contributed by atoms with E-state index in [2.05, 4.69) is 4.90 Å². The lowest BCUT2D eigenvalue weighted by Crippen LogP contribution is -2.30. The predicted octanol–water partition coefficient (Wildman–Crippen LogP) is 2.13. The second-order valence-electron chi connectivity index (χ2n) is 5.19. The Morgan fingerprint density at radius 3 is 2.71 bits per heavy atom. The highest BCUT2D eigenvalue weighted by Crippen LogP contribution is 2.35. The monoisotopic (exact) mass is 305 g/mol. The molecular weight excluding hydrogens is 289 g/mol. The van der Waals surface area contributed by atoms with Crippen molar-refractivity contribution in [2.75, 3.05) is 12.3 Å². The van der Waals surface area contributed by atoms with Crippen molar-refractivity contribution in [1.82, 2.24) is 4.90 Å². The Hall–Kier alpha value is -1.92. The highest BCUT2D eigenvalue weighted by atomic mass is 32.1. The summed E-state index contributed by atoms with van der Waals surface area (Å²) in [6, 6.07) is 6.53. The van der Waals surface area contributed by atoms with Crippen molar-refractivity contribution in [3.05, 3.63) is 51.7 Å². The third-order valence-electron chi connectivity index (χ3n) is 3.73. The first-order chi connectivity index (χ1) is 10.0. The van der Waals surface area contributed by atoms with Crippen LogP contribution < -0.4 is 11.5 Å². The number of thiophene rings is 1. The summed E-state index contributed by atoms with van der Waals surface area (Å²) in [6.45, 7) is 2.33. The molecule has 1 aliphatic heterocycles. The number of amides is 1. The first-order valence-corrected chi connectivity index (χ1v) is 7.53. The number of anilines is 1. The topological polar surface area (TPSA) is 72.3 Å². The first kappa shape index (κ1) is 14.0. The third-order valence-corrected chi connectivity index (χ3v) is 4.77. The number of fused-ring (bicyclic) bond motifs is 1. The fourth-order valence-corrected chi connectivity index (χ4v) is 3.90. The molecule has 0 aliphatic carbocycles. The molecule has 3 rings (SSSR count). The van der Waals surface area contributed by atoms with E-state index in [1.807, 2.05) is 0 Å². The summed E-state index contributed by atoms with van der Waals surface area (Å²) in [5, 5.41) is 0.510. The van der Waals surface area contributed by atoms with E-state index in [0.717, 1.165) is 42.1 Å². The molecule has 0 spiro atoms. The molecule has 21 heavy (non-hydrogen) atoms. The summed E-state index contributed by atoms with van der Waals surface area (Å²) >= 11 is 1.44. The maximum Gasteiger partial charge on any atom is 0.251 e. The average Bonchev–Trinajstić information content (AvgIpc) is 2.76. The van der Waals surface area contributed by atoms with E-state index in [-0.39, 0.29) is 5.82 Å². The van der Waals surface area contributed by atoms with Crippen molar-refractivity contribution in [2.24, 2.45) is 5.73 Å². The number of nitrogens with two attached hydrogens (primary N) is 2. The Kier molecular flexibility index (Phi) is 3.65. The Morgan fingerprint density at radius 2 is 2.05 bits per heavy atom. The van der Waals surface area contributed by atoms with Gasteiger partial charge in [0.1, 0.15) is 5.82 Å². The summed E-state index contributed by atoms with van der Waals surface area (Å²) in [5.74, 6) is -0.672. The van der Waals surface area contributed by atoms with Gasteiger partial charge < -0.3 is 11.5 Å². The van der Waals surface area contributed by atoms with Gasteiger partial charge >= 0.3 is 0 Å². The maximum absolute atomic E-state index is 12.9. The van der Waals surface area contributed by atoms with Crippen LogP contribution in [0.5, 0.6) is 0 Å². The molecule has 0 atom stereocenters. The van der Waals surface area contributed by atoms with Crippen LogP contribution in [0.25, 0.3) is 0 Å². The molecule has 6 heteroatoms. The first-order valence-electron chi connectivity index (χ1n) is 6.71. The van der Waals surface area contributed by atoms with Crippen LogP contribution >= 0.6 is 11.3 Å². The molecular formula is C15H16FN3OS. The molecule has 0 saturated heterocycles. The normalized spacial score (nSPS) is 14.9. The fourth-order valence-electron chi connectivity index (χ4n) is 2.73. The Bertz CT molecular complexity index is 681. The second kappa shape index (κ2) is 5.46. The van der Waals surface area contributed by atoms with Crippen molar-refractivity contribution in [1.29, 1.82) is 0 Å². The van der Waals surface area contributed by atoms with Gasteiger partial charge in [-0.25, -0.2) is 4.39 Å². The minimum atomic E-state index is -0.447. The Morgan fingerprint density at radius 1 is 1.33 bits per heavy atom. The van der Waals surface area contributed by atoms with Crippen LogP contribution in [-0.4, -0.2) is 17.4 Å². The van der Waals surface area contributed by atoms with Gasteiger partial charge in [0.2, 0.25) is 0 Å². The zero-order valence-corrected chi connectivity index (χ0v) is 12.3. The fraction of sp³-hybridized carbons (Fsp3) is 0.267. The number of hydrogen-bond acceptors (Lipinski definition) is 4. The summed E-state index contributed by atoms with van der Waals surface area (Å²) in [5.41, 5.74) is 13.9. The zero-order valence-electron chi connectivity index (χ0n) is 11.4. The van der Waals surface area contributed by atoms with Gasteiger partial charge in [0.25, 0.3) is 5.91 Å². The van der Waals surface area contributed by atoms with Gasteiger partial charge in [-0.3, -0.25) is 9.69 Å². The van der Waals surface area contributed by atoms with E-state index in [1.165, 1.54) is 23.5 Å². The molecule has 0 fully saturated rings. The van der Waals surface area contributed by atoms with Crippen molar-refractivity contribution < 1.29 is 9.18 Å². The van der Waals surface area contributed by atoms with Gasteiger partial charge in [-0.05, 0) is 29.7 Å². The molecule has 0 bridgehead atoms. The van der Waals surface area contributed by atoms with E-state index in [4.69, 9.17) is 11.5 Å². The number of hydrogen-bond donors (Lipinski definition) is 2. The van der Waals surface area contributed by atoms with Crippen LogP contribution in [0.1, 0.15) is 26.4 Å². The van der Waals surface area contributed by atoms with Crippen molar-refractivity contribution in [3.8, 4) is 0 Å². The second-order valence-corrected chi connectivity index (χ2v) is 6.33. The number of halogens is 1. The van der Waals surface area contributed by atoms with Gasteiger partial charge in [0.05, 0.1) is 10.6 Å². The molecule has 1 aromatic carbocycles. The number of carbonyl (C=O) groups is 1. The predicted molar refractivity (Wildman–Crippen MR) is 81.5 cm³/mol. The lowest BCUT2D eigenvalue weighted by atomic mass is 10.0. The minimum absolute atomic E-state index is 0.225. The third kappa shape index (κ3) is 2.77. The van der Waals surface area contributed by atoms with Crippen LogP contribution in [0, 0.1) is 5.82 Å². The highest BCUT2D eigenvalue weighted by molar-refractivity contribution is 7.16. The van der Waals surface area contributed by atoms with E-state index in [1.54, 1.807) is 12.1 Å². The largest absolute Gasteiger partial charge is 0.390 e. The molecule has 110 valence electrons. The molecule has 4 nitrogen and oxygen atoms in total. The number of carbonyl (C=O) groups excluding carboxylic acids is 1. The van der Waals surface area contributed by atoms with Crippen molar-refractivity contribution in [3.63, 3.8) is 0 Å². The maximum atomic E-state index is 12.9. The summed E-state index contributed by atoms with van der Waals surface area (Å²) < 4.78 is 12.9. The number of nitrogens with zero attached hydrogens (tertiary/aromatic N) is 1. The lowest BCUT2D eigenvalue weighted by Gasteiger charge is -2.27. The Labute approximate surface area is 126 Å². The van der Waals surface area contributed by atoms with Crippen LogP contribution in [0.4, 0.5) is 9.39 Å². The van der Waals surface area contributed by atoms with E-state index in [9.17, 15) is 9.18 Å². The quantitative estimate of drug-likeness (QED) is 0.912. The number of rotatable bonds is 3. The Balaban J connectivity index is 1.77. The number of nitrogen functional groups attached to an aromatic ring is 1. The van der Waals surface area contributed by atoms with Gasteiger partial charge in [-0.15, -0.1) is 11.3 Å². The van der Waals surface area contributed by atoms with Crippen LogP contribution in [0.15, 0.2) is 24.3 Å². The standard InChI is InChI=1S/C15H16FN3OS/c16-10-3-1-9(2-4-10)7-19-6-5-11-12(8-19)21-15(18)13(11)14(17)20/h1-4H,5-8,18H2,(H2,17,20). The molecule has 0 saturated carbocycles. The van der Waals surface area contributed by atoms with E-state index in [0.29, 0.717) is 10.6 Å². The molecule has 1 aliphatic rings. The summed E-state index contributed by atoms with van der Waals surface area (Å²) in [6.07, 6.45) is 0.766. The van der Waals surface area contributed by atoms with Crippen LogP contribution in [0.2, 0.25) is 0 Å². The van der Waals surface area contributed by atoms with Crippen molar-refractivity contribution >= 4 is 22.2 Å². The van der Waals surface area contributed by atoms with Crippen LogP contribution in [-0.2, 0) is 19.5 Å². The number of primary amides is 1. The minimum Gasteiger partial charge on any atom is -0.390 e. The van der Waals surface area contributed by atoms with Crippen molar-refractivity contribution in [2.45, 2.75) is 19.5 Å². The lowest BCUT2D eigenvalue weighted by molar-refractivity contribution is 0.1000. The van der Waals surface area contributed by atoms with Gasteiger partial charge in [-0.2, -0.15) is 0 Å². The summed E-state index contributed by atoms with van der Waals surface area (Å²) in [7, 11) is 0. The molecule has 2 heterocycles. The molecule has 4 N–H and O–H groups in total. The molecule has 0 unspecified atom stereocenters.